The molecule has 1 amide bonds. The number of nitrogen functional groups attached to an aromatic ring is 1. The van der Waals surface area contributed by atoms with Crippen molar-refractivity contribution >= 4 is 17.3 Å². The Kier molecular flexibility index (Phi) is 3.52. The molecule has 1 aromatic carbocycles. The number of amides is 1. The lowest BCUT2D eigenvalue weighted by molar-refractivity contribution is 0.0963. The Hall–Kier alpha value is -1.71. The summed E-state index contributed by atoms with van der Waals surface area (Å²) in [5.41, 5.74) is 8.04. The van der Waals surface area contributed by atoms with Crippen LogP contribution in [0.2, 0.25) is 0 Å². The van der Waals surface area contributed by atoms with E-state index in [1.807, 2.05) is 6.07 Å². The van der Waals surface area contributed by atoms with E-state index in [0.29, 0.717) is 11.3 Å². The second-order valence-electron chi connectivity index (χ2n) is 4.54. The van der Waals surface area contributed by atoms with Gasteiger partial charge in [-0.2, -0.15) is 0 Å². The first kappa shape index (κ1) is 11.8. The molecular formula is C13H19N3O. The summed E-state index contributed by atoms with van der Waals surface area (Å²) in [6.07, 6.45) is 3.94. The molecule has 92 valence electrons. The fourth-order valence-electron chi connectivity index (χ4n) is 1.83. The maximum atomic E-state index is 11.4. The van der Waals surface area contributed by atoms with Gasteiger partial charge in [0.2, 0.25) is 0 Å². The number of hydrogen-bond donors (Lipinski definition) is 3. The highest BCUT2D eigenvalue weighted by atomic mass is 16.1. The molecule has 1 aliphatic carbocycles. The second-order valence-corrected chi connectivity index (χ2v) is 4.54. The molecule has 0 aliphatic heterocycles. The summed E-state index contributed by atoms with van der Waals surface area (Å²) in [7, 11) is 1.61. The third-order valence-electron chi connectivity index (χ3n) is 3.11. The number of nitrogens with two attached hydrogens (primary N) is 1. The Morgan fingerprint density at radius 1 is 1.47 bits per heavy atom. The minimum atomic E-state index is -0.110. The molecule has 1 saturated carbocycles. The van der Waals surface area contributed by atoms with Gasteiger partial charge < -0.3 is 16.4 Å². The predicted molar refractivity (Wildman–Crippen MR) is 70.1 cm³/mol. The van der Waals surface area contributed by atoms with Crippen molar-refractivity contribution < 1.29 is 4.79 Å². The van der Waals surface area contributed by atoms with E-state index in [4.69, 9.17) is 5.73 Å². The zero-order valence-electron chi connectivity index (χ0n) is 10.1. The molecule has 1 aliphatic rings. The van der Waals surface area contributed by atoms with Gasteiger partial charge in [-0.1, -0.05) is 12.8 Å². The molecule has 4 nitrogen and oxygen atoms in total. The zero-order valence-corrected chi connectivity index (χ0v) is 10.1. The lowest BCUT2D eigenvalue weighted by Gasteiger charge is -2.10. The van der Waals surface area contributed by atoms with Crippen LogP contribution in [0.15, 0.2) is 18.2 Å². The van der Waals surface area contributed by atoms with Gasteiger partial charge in [0.1, 0.15) is 0 Å². The molecule has 1 aromatic rings. The third-order valence-corrected chi connectivity index (χ3v) is 3.11. The lowest BCUT2D eigenvalue weighted by Crippen LogP contribution is -2.18. The molecule has 1 fully saturated rings. The maximum absolute atomic E-state index is 11.4. The lowest BCUT2D eigenvalue weighted by atomic mass is 10.1. The first-order chi connectivity index (χ1) is 8.20. The SMILES string of the molecule is CNC(=O)c1ccc(NCCC2CC2)c(N)c1. The highest BCUT2D eigenvalue weighted by molar-refractivity contribution is 5.95. The van der Waals surface area contributed by atoms with Gasteiger partial charge >= 0.3 is 0 Å². The zero-order chi connectivity index (χ0) is 12.3. The molecule has 4 N–H and O–H groups in total. The van der Waals surface area contributed by atoms with Gasteiger partial charge in [-0.15, -0.1) is 0 Å². The largest absolute Gasteiger partial charge is 0.397 e. The molecule has 0 bridgehead atoms. The van der Waals surface area contributed by atoms with E-state index in [0.717, 1.165) is 18.2 Å². The van der Waals surface area contributed by atoms with Crippen LogP contribution in [0.5, 0.6) is 0 Å². The van der Waals surface area contributed by atoms with E-state index < -0.39 is 0 Å². The van der Waals surface area contributed by atoms with Gasteiger partial charge in [-0.3, -0.25) is 4.79 Å². The summed E-state index contributed by atoms with van der Waals surface area (Å²) in [6, 6.07) is 5.36. The number of nitrogens with one attached hydrogen (secondary N) is 2. The Bertz CT molecular complexity index is 413. The van der Waals surface area contributed by atoms with Crippen LogP contribution in [0, 0.1) is 5.92 Å². The molecule has 0 aromatic heterocycles. The summed E-state index contributed by atoms with van der Waals surface area (Å²) < 4.78 is 0. The number of hydrogen-bond acceptors (Lipinski definition) is 3. The van der Waals surface area contributed by atoms with E-state index in [1.165, 1.54) is 19.3 Å². The van der Waals surface area contributed by atoms with Crippen LogP contribution in [0.25, 0.3) is 0 Å². The van der Waals surface area contributed by atoms with Crippen molar-refractivity contribution in [1.29, 1.82) is 0 Å². The number of carbonyl (C=O) groups is 1. The first-order valence-corrected chi connectivity index (χ1v) is 6.06. The Balaban J connectivity index is 1.95. The monoisotopic (exact) mass is 233 g/mol. The smallest absolute Gasteiger partial charge is 0.251 e. The van der Waals surface area contributed by atoms with Crippen LogP contribution in [-0.4, -0.2) is 19.5 Å². The second kappa shape index (κ2) is 5.08. The molecular weight excluding hydrogens is 214 g/mol. The molecule has 0 heterocycles. The summed E-state index contributed by atoms with van der Waals surface area (Å²) in [4.78, 5) is 11.4. The molecule has 17 heavy (non-hydrogen) atoms. The van der Waals surface area contributed by atoms with Crippen LogP contribution >= 0.6 is 0 Å². The minimum absolute atomic E-state index is 0.110. The summed E-state index contributed by atoms with van der Waals surface area (Å²) >= 11 is 0. The van der Waals surface area contributed by atoms with Crippen molar-refractivity contribution in [1.82, 2.24) is 5.32 Å². The Labute approximate surface area is 102 Å². The highest BCUT2D eigenvalue weighted by Gasteiger charge is 2.20. The van der Waals surface area contributed by atoms with Gasteiger partial charge in [0.25, 0.3) is 5.91 Å². The first-order valence-electron chi connectivity index (χ1n) is 6.06. The van der Waals surface area contributed by atoms with Gasteiger partial charge in [-0.25, -0.2) is 0 Å². The molecule has 2 rings (SSSR count). The summed E-state index contributed by atoms with van der Waals surface area (Å²) in [6.45, 7) is 0.953. The van der Waals surface area contributed by atoms with Gasteiger partial charge in [0.05, 0.1) is 11.4 Å². The average Bonchev–Trinajstić information content (AvgIpc) is 3.14. The molecule has 0 radical (unpaired) electrons. The van der Waals surface area contributed by atoms with E-state index in [-0.39, 0.29) is 5.91 Å². The van der Waals surface area contributed by atoms with E-state index in [1.54, 1.807) is 19.2 Å². The van der Waals surface area contributed by atoms with E-state index in [2.05, 4.69) is 10.6 Å². The Morgan fingerprint density at radius 3 is 2.82 bits per heavy atom. The van der Waals surface area contributed by atoms with Crippen molar-refractivity contribution in [3.05, 3.63) is 23.8 Å². The molecule has 0 unspecified atom stereocenters. The standard InChI is InChI=1S/C13H19N3O/c1-15-13(17)10-4-5-12(11(14)8-10)16-7-6-9-2-3-9/h4-5,8-9,16H,2-3,6-7,14H2,1H3,(H,15,17). The van der Waals surface area contributed by atoms with Crippen molar-refractivity contribution in [2.24, 2.45) is 5.92 Å². The molecule has 0 spiro atoms. The van der Waals surface area contributed by atoms with Crippen LogP contribution < -0.4 is 16.4 Å². The fraction of sp³-hybridized carbons (Fsp3) is 0.462. The highest BCUT2D eigenvalue weighted by Crippen LogP contribution is 2.32. The number of rotatable bonds is 5. The number of anilines is 2. The van der Waals surface area contributed by atoms with Crippen LogP contribution in [-0.2, 0) is 0 Å². The van der Waals surface area contributed by atoms with Crippen molar-refractivity contribution in [2.45, 2.75) is 19.3 Å². The van der Waals surface area contributed by atoms with E-state index in [9.17, 15) is 4.79 Å². The van der Waals surface area contributed by atoms with Gasteiger partial charge in [0, 0.05) is 19.2 Å². The Morgan fingerprint density at radius 2 is 2.24 bits per heavy atom. The normalized spacial score (nSPS) is 14.4. The van der Waals surface area contributed by atoms with Crippen molar-refractivity contribution in [2.75, 3.05) is 24.6 Å². The predicted octanol–water partition coefficient (Wildman–Crippen LogP) is 1.84. The van der Waals surface area contributed by atoms with Crippen molar-refractivity contribution in [3.63, 3.8) is 0 Å². The minimum Gasteiger partial charge on any atom is -0.397 e. The average molecular weight is 233 g/mol. The van der Waals surface area contributed by atoms with Crippen LogP contribution in [0.1, 0.15) is 29.6 Å². The quantitative estimate of drug-likeness (QED) is 0.680. The van der Waals surface area contributed by atoms with Gasteiger partial charge in [0.15, 0.2) is 0 Å². The topological polar surface area (TPSA) is 67.2 Å². The van der Waals surface area contributed by atoms with Gasteiger partial charge in [-0.05, 0) is 30.5 Å². The number of carbonyl (C=O) groups excluding carboxylic acids is 1. The summed E-state index contributed by atoms with van der Waals surface area (Å²) in [5.74, 6) is 0.801. The maximum Gasteiger partial charge on any atom is 0.251 e. The molecule has 0 atom stereocenters. The van der Waals surface area contributed by atoms with Crippen molar-refractivity contribution in [3.8, 4) is 0 Å². The van der Waals surface area contributed by atoms with E-state index >= 15 is 0 Å². The third kappa shape index (κ3) is 3.12. The molecule has 0 saturated heterocycles. The fourth-order valence-corrected chi connectivity index (χ4v) is 1.83. The molecule has 4 heteroatoms. The summed E-state index contributed by atoms with van der Waals surface area (Å²) in [5, 5.41) is 5.89. The van der Waals surface area contributed by atoms with Crippen LogP contribution in [0.4, 0.5) is 11.4 Å². The number of benzene rings is 1. The van der Waals surface area contributed by atoms with Crippen LogP contribution in [0.3, 0.4) is 0 Å².